The Bertz CT molecular complexity index is 1220. The van der Waals surface area contributed by atoms with Crippen molar-refractivity contribution >= 4 is 16.6 Å². The van der Waals surface area contributed by atoms with Crippen LogP contribution in [0.5, 0.6) is 5.75 Å². The van der Waals surface area contributed by atoms with Gasteiger partial charge in [-0.15, -0.1) is 0 Å². The van der Waals surface area contributed by atoms with Gasteiger partial charge in [-0.2, -0.15) is 4.98 Å². The van der Waals surface area contributed by atoms with Crippen molar-refractivity contribution in [2.75, 3.05) is 18.0 Å². The van der Waals surface area contributed by atoms with E-state index >= 15 is 0 Å². The second-order valence-electron chi connectivity index (χ2n) is 7.65. The van der Waals surface area contributed by atoms with Gasteiger partial charge in [-0.05, 0) is 56.2 Å². The predicted octanol–water partition coefficient (Wildman–Crippen LogP) is 4.82. The number of nitrogens with zero attached hydrogens (tertiary/aromatic N) is 4. The number of anilines is 1. The first-order valence-electron chi connectivity index (χ1n) is 10.0. The molecule has 0 unspecified atom stereocenters. The first-order valence-corrected chi connectivity index (χ1v) is 10.0. The van der Waals surface area contributed by atoms with Crippen LogP contribution in [0.2, 0.25) is 0 Å². The fourth-order valence-corrected chi connectivity index (χ4v) is 4.12. The Morgan fingerprint density at radius 1 is 1.07 bits per heavy atom. The number of aromatic nitrogens is 3. The number of para-hydroxylation sites is 1. The van der Waals surface area contributed by atoms with E-state index in [1.54, 1.807) is 18.2 Å². The van der Waals surface area contributed by atoms with Crippen molar-refractivity contribution < 1.29 is 14.0 Å². The van der Waals surface area contributed by atoms with Gasteiger partial charge in [0.05, 0.1) is 11.2 Å². The fourth-order valence-electron chi connectivity index (χ4n) is 4.12. The second kappa shape index (κ2) is 7.40. The number of aromatic hydroxyl groups is 1. The van der Waals surface area contributed by atoms with Crippen molar-refractivity contribution in [1.82, 2.24) is 15.1 Å². The summed E-state index contributed by atoms with van der Waals surface area (Å²) in [7, 11) is 0. The van der Waals surface area contributed by atoms with E-state index in [1.807, 2.05) is 25.1 Å². The fraction of sp³-hybridized carbons (Fsp3) is 0.261. The summed E-state index contributed by atoms with van der Waals surface area (Å²) in [5.41, 5.74) is 2.93. The summed E-state index contributed by atoms with van der Waals surface area (Å²) in [6.07, 6.45) is 1.74. The van der Waals surface area contributed by atoms with Crippen LogP contribution in [0.1, 0.15) is 30.5 Å². The van der Waals surface area contributed by atoms with Crippen LogP contribution in [-0.2, 0) is 0 Å². The highest BCUT2D eigenvalue weighted by Crippen LogP contribution is 2.37. The molecule has 1 aliphatic heterocycles. The highest BCUT2D eigenvalue weighted by atomic mass is 19.1. The molecule has 1 aliphatic rings. The molecule has 0 bridgehead atoms. The summed E-state index contributed by atoms with van der Waals surface area (Å²) in [6.45, 7) is 3.38. The van der Waals surface area contributed by atoms with Crippen LogP contribution in [-0.4, -0.2) is 33.3 Å². The van der Waals surface area contributed by atoms with Gasteiger partial charge in [0.15, 0.2) is 5.82 Å². The number of halogens is 1. The zero-order valence-corrected chi connectivity index (χ0v) is 16.5. The van der Waals surface area contributed by atoms with Crippen LogP contribution in [0.25, 0.3) is 22.2 Å². The molecule has 1 N–H and O–H groups in total. The Kier molecular flexibility index (Phi) is 4.58. The molecule has 0 atom stereocenters. The third kappa shape index (κ3) is 3.36. The predicted molar refractivity (Wildman–Crippen MR) is 112 cm³/mol. The van der Waals surface area contributed by atoms with E-state index in [0.29, 0.717) is 28.5 Å². The molecule has 1 saturated heterocycles. The molecular formula is C23H21FN4O2. The van der Waals surface area contributed by atoms with Crippen molar-refractivity contribution in [2.45, 2.75) is 25.7 Å². The van der Waals surface area contributed by atoms with Crippen molar-refractivity contribution in [3.05, 3.63) is 66.1 Å². The maximum Gasteiger partial charge on any atom is 0.229 e. The van der Waals surface area contributed by atoms with Gasteiger partial charge in [0, 0.05) is 35.6 Å². The first-order chi connectivity index (χ1) is 14.6. The third-order valence-corrected chi connectivity index (χ3v) is 5.66. The molecule has 0 amide bonds. The molecule has 0 radical (unpaired) electrons. The monoisotopic (exact) mass is 404 g/mol. The van der Waals surface area contributed by atoms with E-state index in [1.165, 1.54) is 12.1 Å². The molecular weight excluding hydrogens is 383 g/mol. The van der Waals surface area contributed by atoms with E-state index in [2.05, 4.69) is 20.0 Å². The Hall–Kier alpha value is -3.48. The molecule has 1 fully saturated rings. The van der Waals surface area contributed by atoms with E-state index in [9.17, 15) is 9.50 Å². The molecule has 6 nitrogen and oxygen atoms in total. The third-order valence-electron chi connectivity index (χ3n) is 5.66. The summed E-state index contributed by atoms with van der Waals surface area (Å²) < 4.78 is 19.4. The molecule has 2 aromatic heterocycles. The summed E-state index contributed by atoms with van der Waals surface area (Å²) in [4.78, 5) is 11.3. The number of fused-ring (bicyclic) bond motifs is 1. The summed E-state index contributed by atoms with van der Waals surface area (Å²) in [5, 5.41) is 15.0. The average molecular weight is 404 g/mol. The maximum atomic E-state index is 14.0. The zero-order chi connectivity index (χ0) is 20.7. The molecule has 2 aromatic carbocycles. The lowest BCUT2D eigenvalue weighted by Gasteiger charge is -2.33. The minimum Gasteiger partial charge on any atom is -0.507 e. The molecule has 7 heteroatoms. The van der Waals surface area contributed by atoms with Gasteiger partial charge in [-0.25, -0.2) is 9.37 Å². The lowest BCUT2D eigenvalue weighted by atomic mass is 9.95. The van der Waals surface area contributed by atoms with Crippen LogP contribution in [0.3, 0.4) is 0 Å². The molecule has 30 heavy (non-hydrogen) atoms. The van der Waals surface area contributed by atoms with Gasteiger partial charge in [0.2, 0.25) is 5.89 Å². The lowest BCUT2D eigenvalue weighted by Crippen LogP contribution is -2.33. The van der Waals surface area contributed by atoms with Gasteiger partial charge in [0.25, 0.3) is 0 Å². The topological polar surface area (TPSA) is 75.3 Å². The van der Waals surface area contributed by atoms with Gasteiger partial charge in [-0.1, -0.05) is 17.3 Å². The molecule has 5 rings (SSSR count). The smallest absolute Gasteiger partial charge is 0.229 e. The normalized spacial score (nSPS) is 15.1. The van der Waals surface area contributed by atoms with E-state index in [0.717, 1.165) is 37.0 Å². The number of aryl methyl sites for hydroxylation is 1. The van der Waals surface area contributed by atoms with Gasteiger partial charge >= 0.3 is 0 Å². The minimum atomic E-state index is -0.294. The van der Waals surface area contributed by atoms with E-state index in [-0.39, 0.29) is 17.5 Å². The van der Waals surface area contributed by atoms with Crippen LogP contribution in [0, 0.1) is 12.7 Å². The number of phenolic OH excluding ortho intramolecular Hbond substituents is 1. The summed E-state index contributed by atoms with van der Waals surface area (Å²) in [5.74, 6) is 1.44. The highest BCUT2D eigenvalue weighted by molar-refractivity contribution is 5.94. The van der Waals surface area contributed by atoms with Crippen molar-refractivity contribution in [3.8, 4) is 17.0 Å². The molecule has 152 valence electrons. The standard InChI is InChI=1S/C23H21FN4O2/c1-14-25-23(30-27-14)15-8-10-28(11-9-15)21-13-20(17-4-2-3-5-22(17)29)26-19-7-6-16(24)12-18(19)21/h2-7,12-13,15,29H,8-11H2,1H3. The Morgan fingerprint density at radius 2 is 1.87 bits per heavy atom. The van der Waals surface area contributed by atoms with E-state index in [4.69, 9.17) is 4.52 Å². The van der Waals surface area contributed by atoms with Crippen LogP contribution in [0.4, 0.5) is 10.1 Å². The maximum absolute atomic E-state index is 14.0. The SMILES string of the molecule is Cc1noc(C2CCN(c3cc(-c4ccccc4O)nc4ccc(F)cc34)CC2)n1. The average Bonchev–Trinajstić information content (AvgIpc) is 3.20. The van der Waals surface area contributed by atoms with Crippen molar-refractivity contribution in [1.29, 1.82) is 0 Å². The number of piperidine rings is 1. The number of hydrogen-bond acceptors (Lipinski definition) is 6. The number of rotatable bonds is 3. The van der Waals surface area contributed by atoms with Gasteiger partial charge in [-0.3, -0.25) is 0 Å². The summed E-state index contributed by atoms with van der Waals surface area (Å²) >= 11 is 0. The molecule has 0 saturated carbocycles. The van der Waals surface area contributed by atoms with Crippen LogP contribution < -0.4 is 4.90 Å². The Labute approximate surface area is 173 Å². The van der Waals surface area contributed by atoms with Gasteiger partial charge < -0.3 is 14.5 Å². The zero-order valence-electron chi connectivity index (χ0n) is 16.5. The summed E-state index contributed by atoms with van der Waals surface area (Å²) in [6, 6.07) is 13.7. The molecule has 0 aliphatic carbocycles. The molecule has 4 aromatic rings. The van der Waals surface area contributed by atoms with Crippen molar-refractivity contribution in [3.63, 3.8) is 0 Å². The Balaban J connectivity index is 1.53. The molecule has 0 spiro atoms. The van der Waals surface area contributed by atoms with E-state index < -0.39 is 0 Å². The second-order valence-corrected chi connectivity index (χ2v) is 7.65. The van der Waals surface area contributed by atoms with Crippen LogP contribution in [0.15, 0.2) is 53.1 Å². The Morgan fingerprint density at radius 3 is 2.60 bits per heavy atom. The number of benzene rings is 2. The van der Waals surface area contributed by atoms with Crippen molar-refractivity contribution in [2.24, 2.45) is 0 Å². The first kappa shape index (κ1) is 18.5. The molecule has 3 heterocycles. The highest BCUT2D eigenvalue weighted by Gasteiger charge is 2.26. The number of phenols is 1. The van der Waals surface area contributed by atoms with Gasteiger partial charge in [0.1, 0.15) is 11.6 Å². The minimum absolute atomic E-state index is 0.169. The van der Waals surface area contributed by atoms with Crippen LogP contribution >= 0.6 is 0 Å². The number of hydrogen-bond donors (Lipinski definition) is 1. The largest absolute Gasteiger partial charge is 0.507 e. The quantitative estimate of drug-likeness (QED) is 0.528. The lowest BCUT2D eigenvalue weighted by molar-refractivity contribution is 0.327. The number of pyridine rings is 1.